The molecule has 0 spiro atoms. The van der Waals surface area contributed by atoms with Crippen molar-refractivity contribution in [1.82, 2.24) is 0 Å². The summed E-state index contributed by atoms with van der Waals surface area (Å²) in [5.41, 5.74) is 2.58. The average Bonchev–Trinajstić information content (AvgIpc) is 2.68. The van der Waals surface area contributed by atoms with Gasteiger partial charge in [0.1, 0.15) is 22.8 Å². The molecule has 7 N–H and O–H groups in total. The van der Waals surface area contributed by atoms with Crippen molar-refractivity contribution in [2.75, 3.05) is 14.1 Å². The number of aromatic hydroxyl groups is 2. The molecular weight excluding hydrogens is 404 g/mol. The molecule has 162 valence electrons. The van der Waals surface area contributed by atoms with Gasteiger partial charge < -0.3 is 31.1 Å². The minimum Gasteiger partial charge on any atom is -0.508 e. The molecule has 0 aromatic heterocycles. The Morgan fingerprint density at radius 3 is 2.42 bits per heavy atom. The molecule has 0 bridgehead atoms. The number of aliphatic hydroxyl groups is 2. The number of nitrogens with one attached hydrogen (secondary N) is 1. The van der Waals surface area contributed by atoms with Gasteiger partial charge in [-0.05, 0) is 35.9 Å². The lowest BCUT2D eigenvalue weighted by Crippen LogP contribution is -3.13. The van der Waals surface area contributed by atoms with E-state index in [9.17, 15) is 34.8 Å². The van der Waals surface area contributed by atoms with E-state index in [2.05, 4.69) is 0 Å². The number of Topliss-reactive ketones (excluding diaryl/α,β-unsaturated/α-hetero) is 2. The second-order valence-electron chi connectivity index (χ2n) is 8.44. The number of hydrogen-bond donors (Lipinski definition) is 6. The molecule has 2 aromatic rings. The summed E-state index contributed by atoms with van der Waals surface area (Å²) in [7, 11) is 3.26. The zero-order chi connectivity index (χ0) is 23.0. The minimum absolute atomic E-state index is 0.0275. The molecule has 0 saturated carbocycles. The number of benzene rings is 2. The highest BCUT2D eigenvalue weighted by molar-refractivity contribution is 6.24. The van der Waals surface area contributed by atoms with Crippen molar-refractivity contribution in [3.63, 3.8) is 0 Å². The highest BCUT2D eigenvalue weighted by atomic mass is 16.3. The van der Waals surface area contributed by atoms with Crippen molar-refractivity contribution in [2.45, 2.75) is 25.0 Å². The number of amides is 1. The first-order valence-electron chi connectivity index (χ1n) is 9.75. The Kier molecular flexibility index (Phi) is 4.39. The molecular formula is C22H23N2O7+. The van der Waals surface area contributed by atoms with Gasteiger partial charge >= 0.3 is 0 Å². The molecule has 9 nitrogen and oxygen atoms in total. The van der Waals surface area contributed by atoms with E-state index >= 15 is 0 Å². The second-order valence-corrected chi connectivity index (χ2v) is 8.44. The SMILES string of the molecule is Cc1c2c(c(O)c3c(O)cccc13)C(=O)[C@]1(O)C(O)=C(C(N)=O)C(=O)[C@H]([NH+](C)C)[C@@H]1C2. The smallest absolute Gasteiger partial charge is 0.256 e. The number of carbonyl (C=O) groups is 3. The monoisotopic (exact) mass is 427 g/mol. The predicted molar refractivity (Wildman–Crippen MR) is 109 cm³/mol. The number of likely N-dealkylation sites (N-methyl/N-ethyl adjacent to an activating group) is 1. The standard InChI is InChI=1S/C22H22N2O7/c1-8-9-5-4-6-12(25)13(9)17(26)14-10(8)7-11-16(24(2)3)18(27)15(21(23)30)20(29)22(11,31)19(14)28/h4-6,11,16,25-26,29,31H,7H2,1-3H3,(H2,23,30)/p+1/t11-,16+,22-/m0/s1. The van der Waals surface area contributed by atoms with Crippen LogP contribution in [-0.2, 0) is 16.0 Å². The molecule has 31 heavy (non-hydrogen) atoms. The number of phenols is 2. The number of aryl methyl sites for hydroxylation is 1. The summed E-state index contributed by atoms with van der Waals surface area (Å²) >= 11 is 0. The minimum atomic E-state index is -2.63. The molecule has 2 aliphatic carbocycles. The van der Waals surface area contributed by atoms with E-state index in [4.69, 9.17) is 5.73 Å². The maximum Gasteiger partial charge on any atom is 0.256 e. The normalized spacial score (nSPS) is 25.7. The van der Waals surface area contributed by atoms with Gasteiger partial charge in [-0.3, -0.25) is 14.4 Å². The Bertz CT molecular complexity index is 1230. The number of ketones is 2. The zero-order valence-electron chi connectivity index (χ0n) is 17.2. The maximum absolute atomic E-state index is 13.6. The Balaban J connectivity index is 2.11. The number of aliphatic hydroxyl groups excluding tert-OH is 1. The summed E-state index contributed by atoms with van der Waals surface area (Å²) in [6.45, 7) is 1.71. The predicted octanol–water partition coefficient (Wildman–Crippen LogP) is -0.961. The quantitative estimate of drug-likeness (QED) is 0.336. The Hall–Kier alpha value is -3.43. The zero-order valence-corrected chi connectivity index (χ0v) is 17.2. The molecule has 9 heteroatoms. The van der Waals surface area contributed by atoms with Crippen LogP contribution in [0.5, 0.6) is 11.5 Å². The first-order chi connectivity index (χ1) is 14.4. The van der Waals surface area contributed by atoms with E-state index in [1.54, 1.807) is 33.2 Å². The highest BCUT2D eigenvalue weighted by Gasteiger charge is 2.64. The van der Waals surface area contributed by atoms with Crippen molar-refractivity contribution in [3.8, 4) is 11.5 Å². The first-order valence-corrected chi connectivity index (χ1v) is 9.75. The third-order valence-electron chi connectivity index (χ3n) is 6.61. The van der Waals surface area contributed by atoms with Crippen LogP contribution in [0.4, 0.5) is 0 Å². The lowest BCUT2D eigenvalue weighted by Gasteiger charge is -2.45. The number of quaternary nitrogens is 1. The summed E-state index contributed by atoms with van der Waals surface area (Å²) < 4.78 is 0. The van der Waals surface area contributed by atoms with Gasteiger partial charge in [0, 0.05) is 0 Å². The lowest BCUT2D eigenvalue weighted by atomic mass is 9.61. The van der Waals surface area contributed by atoms with E-state index < -0.39 is 52.1 Å². The van der Waals surface area contributed by atoms with Crippen LogP contribution in [0.25, 0.3) is 10.8 Å². The van der Waals surface area contributed by atoms with Gasteiger partial charge in [-0.25, -0.2) is 0 Å². The summed E-state index contributed by atoms with van der Waals surface area (Å²) in [5, 5.41) is 44.0. The molecule has 4 rings (SSSR count). The van der Waals surface area contributed by atoms with Crippen LogP contribution in [-0.4, -0.2) is 63.6 Å². The van der Waals surface area contributed by atoms with Crippen molar-refractivity contribution < 1.29 is 39.7 Å². The van der Waals surface area contributed by atoms with Crippen molar-refractivity contribution in [2.24, 2.45) is 11.7 Å². The fraction of sp³-hybridized carbons (Fsp3) is 0.318. The van der Waals surface area contributed by atoms with Crippen molar-refractivity contribution in [3.05, 3.63) is 46.2 Å². The first kappa shape index (κ1) is 20.8. The van der Waals surface area contributed by atoms with Gasteiger partial charge in [0.25, 0.3) is 5.91 Å². The molecule has 1 amide bonds. The van der Waals surface area contributed by atoms with Gasteiger partial charge in [-0.2, -0.15) is 0 Å². The fourth-order valence-corrected chi connectivity index (χ4v) is 5.14. The number of hydrogen-bond acceptors (Lipinski definition) is 7. The van der Waals surface area contributed by atoms with Gasteiger partial charge in [0.2, 0.25) is 11.6 Å². The summed E-state index contributed by atoms with van der Waals surface area (Å²) in [6.07, 6.45) is -0.0275. The molecule has 0 radical (unpaired) electrons. The largest absolute Gasteiger partial charge is 0.508 e. The molecule has 2 aliphatic rings. The van der Waals surface area contributed by atoms with E-state index in [0.717, 1.165) is 0 Å². The summed E-state index contributed by atoms with van der Waals surface area (Å²) in [4.78, 5) is 39.1. The third kappa shape index (κ3) is 2.47. The van der Waals surface area contributed by atoms with E-state index in [-0.39, 0.29) is 23.1 Å². The lowest BCUT2D eigenvalue weighted by molar-refractivity contribution is -0.880. The Morgan fingerprint density at radius 2 is 1.84 bits per heavy atom. The second kappa shape index (κ2) is 6.53. The molecule has 0 saturated heterocycles. The van der Waals surface area contributed by atoms with E-state index in [0.29, 0.717) is 21.4 Å². The molecule has 0 unspecified atom stereocenters. The molecule has 0 aliphatic heterocycles. The van der Waals surface area contributed by atoms with E-state index in [1.165, 1.54) is 6.07 Å². The number of primary amides is 1. The van der Waals surface area contributed by atoms with Crippen LogP contribution in [0, 0.1) is 12.8 Å². The molecule has 0 heterocycles. The van der Waals surface area contributed by atoms with Crippen LogP contribution >= 0.6 is 0 Å². The van der Waals surface area contributed by atoms with E-state index in [1.807, 2.05) is 0 Å². The molecule has 3 atom stereocenters. The summed E-state index contributed by atoms with van der Waals surface area (Å²) in [6, 6.07) is 3.59. The number of carbonyl (C=O) groups excluding carboxylic acids is 3. The molecule has 2 aromatic carbocycles. The van der Waals surface area contributed by atoms with Crippen LogP contribution in [0.15, 0.2) is 29.5 Å². The third-order valence-corrected chi connectivity index (χ3v) is 6.61. The molecule has 0 fully saturated rings. The van der Waals surface area contributed by atoms with Crippen LogP contribution in [0.1, 0.15) is 21.5 Å². The van der Waals surface area contributed by atoms with Crippen molar-refractivity contribution in [1.29, 1.82) is 0 Å². The van der Waals surface area contributed by atoms with Gasteiger partial charge in [0.05, 0.1) is 31.0 Å². The number of nitrogens with two attached hydrogens (primary N) is 1. The topological polar surface area (TPSA) is 163 Å². The highest BCUT2D eigenvalue weighted by Crippen LogP contribution is 2.49. The van der Waals surface area contributed by atoms with Gasteiger partial charge in [0.15, 0.2) is 11.6 Å². The fourth-order valence-electron chi connectivity index (χ4n) is 5.14. The number of fused-ring (bicyclic) bond motifs is 3. The van der Waals surface area contributed by atoms with Gasteiger partial charge in [-0.15, -0.1) is 0 Å². The van der Waals surface area contributed by atoms with Crippen LogP contribution in [0.3, 0.4) is 0 Å². The Morgan fingerprint density at radius 1 is 1.19 bits per heavy atom. The van der Waals surface area contributed by atoms with Crippen LogP contribution < -0.4 is 10.6 Å². The van der Waals surface area contributed by atoms with Crippen molar-refractivity contribution >= 4 is 28.2 Å². The maximum atomic E-state index is 13.6. The summed E-state index contributed by atoms with van der Waals surface area (Å²) in [5.74, 6) is -6.05. The van der Waals surface area contributed by atoms with Crippen LogP contribution in [0.2, 0.25) is 0 Å². The average molecular weight is 427 g/mol. The number of rotatable bonds is 2. The Labute approximate surface area is 177 Å². The van der Waals surface area contributed by atoms with Gasteiger partial charge in [-0.1, -0.05) is 12.1 Å². The number of phenolic OH excluding ortho intramolecular Hbond substituents is 2.